The van der Waals surface area contributed by atoms with Crippen molar-refractivity contribution < 1.29 is 9.53 Å². The SMILES string of the molecule is COc1ccc(CC(=O)c2nccn2C)cc1N. The zero-order chi connectivity index (χ0) is 13.1. The Hall–Kier alpha value is -2.30. The Bertz CT molecular complexity index is 575. The van der Waals surface area contributed by atoms with Crippen LogP contribution in [0.1, 0.15) is 16.2 Å². The third-order valence-electron chi connectivity index (χ3n) is 2.73. The van der Waals surface area contributed by atoms with E-state index in [0.717, 1.165) is 5.56 Å². The Labute approximate surface area is 105 Å². The molecule has 0 amide bonds. The zero-order valence-electron chi connectivity index (χ0n) is 10.4. The molecule has 0 unspecified atom stereocenters. The quantitative estimate of drug-likeness (QED) is 0.653. The number of Topliss-reactive ketones (excluding diaryl/α,β-unsaturated/α-hetero) is 1. The number of rotatable bonds is 4. The molecule has 0 saturated heterocycles. The van der Waals surface area contributed by atoms with Gasteiger partial charge in [-0.3, -0.25) is 4.79 Å². The molecule has 2 aromatic rings. The van der Waals surface area contributed by atoms with E-state index in [1.165, 1.54) is 0 Å². The first kappa shape index (κ1) is 12.2. The number of imidazole rings is 1. The summed E-state index contributed by atoms with van der Waals surface area (Å²) in [5.74, 6) is 1.03. The van der Waals surface area contributed by atoms with Crippen LogP contribution in [0.3, 0.4) is 0 Å². The fourth-order valence-electron chi connectivity index (χ4n) is 1.79. The monoisotopic (exact) mass is 245 g/mol. The Kier molecular flexibility index (Phi) is 3.32. The number of carbonyl (C=O) groups excluding carboxylic acids is 1. The van der Waals surface area contributed by atoms with Crippen LogP contribution in [0.4, 0.5) is 5.69 Å². The van der Waals surface area contributed by atoms with Gasteiger partial charge in [0.05, 0.1) is 12.8 Å². The number of benzene rings is 1. The summed E-state index contributed by atoms with van der Waals surface area (Å²) in [7, 11) is 3.35. The maximum absolute atomic E-state index is 12.0. The number of hydrogen-bond acceptors (Lipinski definition) is 4. The van der Waals surface area contributed by atoms with E-state index in [1.807, 2.05) is 6.07 Å². The predicted molar refractivity (Wildman–Crippen MR) is 68.6 cm³/mol. The molecule has 0 radical (unpaired) electrons. The predicted octanol–water partition coefficient (Wildman–Crippen LogP) is 1.44. The first-order valence-electron chi connectivity index (χ1n) is 5.54. The molecule has 1 aromatic carbocycles. The van der Waals surface area contributed by atoms with Gasteiger partial charge in [0.1, 0.15) is 5.75 Å². The normalized spacial score (nSPS) is 10.3. The topological polar surface area (TPSA) is 70.1 Å². The molecule has 1 aromatic heterocycles. The van der Waals surface area contributed by atoms with Crippen molar-refractivity contribution in [3.63, 3.8) is 0 Å². The molecule has 0 aliphatic heterocycles. The maximum atomic E-state index is 12.0. The molecule has 0 bridgehead atoms. The average Bonchev–Trinajstić information content (AvgIpc) is 2.76. The molecule has 0 fully saturated rings. The third-order valence-corrected chi connectivity index (χ3v) is 2.73. The van der Waals surface area contributed by atoms with Crippen molar-refractivity contribution in [1.29, 1.82) is 0 Å². The van der Waals surface area contributed by atoms with E-state index in [4.69, 9.17) is 10.5 Å². The summed E-state index contributed by atoms with van der Waals surface area (Å²) >= 11 is 0. The molecule has 5 nitrogen and oxygen atoms in total. The van der Waals surface area contributed by atoms with Gasteiger partial charge >= 0.3 is 0 Å². The lowest BCUT2D eigenvalue weighted by Gasteiger charge is -2.06. The molecule has 1 heterocycles. The number of aromatic nitrogens is 2. The van der Waals surface area contributed by atoms with Crippen LogP contribution in [0.2, 0.25) is 0 Å². The van der Waals surface area contributed by atoms with E-state index >= 15 is 0 Å². The van der Waals surface area contributed by atoms with Gasteiger partial charge < -0.3 is 15.0 Å². The second kappa shape index (κ2) is 4.91. The largest absolute Gasteiger partial charge is 0.495 e. The van der Waals surface area contributed by atoms with Crippen LogP contribution in [-0.4, -0.2) is 22.4 Å². The Morgan fingerprint density at radius 3 is 2.83 bits per heavy atom. The lowest BCUT2D eigenvalue weighted by molar-refractivity contribution is 0.0980. The molecule has 2 N–H and O–H groups in total. The number of nitrogens with two attached hydrogens (primary N) is 1. The second-order valence-corrected chi connectivity index (χ2v) is 4.04. The van der Waals surface area contributed by atoms with Gasteiger partial charge in [0.25, 0.3) is 0 Å². The van der Waals surface area contributed by atoms with Crippen LogP contribution in [0.5, 0.6) is 5.75 Å². The van der Waals surface area contributed by atoms with Crippen molar-refractivity contribution in [3.8, 4) is 5.75 Å². The smallest absolute Gasteiger partial charge is 0.202 e. The average molecular weight is 245 g/mol. The van der Waals surface area contributed by atoms with E-state index in [0.29, 0.717) is 17.3 Å². The number of nitrogen functional groups attached to an aromatic ring is 1. The van der Waals surface area contributed by atoms with Crippen LogP contribution >= 0.6 is 0 Å². The number of nitrogens with zero attached hydrogens (tertiary/aromatic N) is 2. The lowest BCUT2D eigenvalue weighted by atomic mass is 10.1. The summed E-state index contributed by atoms with van der Waals surface area (Å²) < 4.78 is 6.77. The van der Waals surface area contributed by atoms with E-state index in [9.17, 15) is 4.79 Å². The van der Waals surface area contributed by atoms with Crippen molar-refractivity contribution >= 4 is 11.5 Å². The molecule has 0 aliphatic carbocycles. The van der Waals surface area contributed by atoms with Crippen LogP contribution in [0, 0.1) is 0 Å². The minimum Gasteiger partial charge on any atom is -0.495 e. The van der Waals surface area contributed by atoms with Crippen molar-refractivity contribution in [2.75, 3.05) is 12.8 Å². The number of ketones is 1. The molecule has 5 heteroatoms. The van der Waals surface area contributed by atoms with Gasteiger partial charge in [-0.2, -0.15) is 0 Å². The first-order valence-corrected chi connectivity index (χ1v) is 5.54. The Morgan fingerprint density at radius 1 is 1.50 bits per heavy atom. The summed E-state index contributed by atoms with van der Waals surface area (Å²) in [4.78, 5) is 16.0. The van der Waals surface area contributed by atoms with Gasteiger partial charge in [0.15, 0.2) is 5.82 Å². The number of aryl methyl sites for hydroxylation is 1. The Morgan fingerprint density at radius 2 is 2.28 bits per heavy atom. The third kappa shape index (κ3) is 2.34. The minimum absolute atomic E-state index is 0.0351. The van der Waals surface area contributed by atoms with Gasteiger partial charge in [0, 0.05) is 25.9 Å². The molecule has 0 atom stereocenters. The Balaban J connectivity index is 2.17. The number of methoxy groups -OCH3 is 1. The van der Waals surface area contributed by atoms with Gasteiger partial charge in [-0.25, -0.2) is 4.98 Å². The van der Waals surface area contributed by atoms with E-state index in [1.54, 1.807) is 43.3 Å². The van der Waals surface area contributed by atoms with Crippen LogP contribution in [0.25, 0.3) is 0 Å². The van der Waals surface area contributed by atoms with Crippen molar-refractivity contribution in [2.24, 2.45) is 7.05 Å². The fourth-order valence-corrected chi connectivity index (χ4v) is 1.79. The molecule has 94 valence electrons. The highest BCUT2D eigenvalue weighted by Gasteiger charge is 2.12. The molecule has 18 heavy (non-hydrogen) atoms. The fraction of sp³-hybridized carbons (Fsp3) is 0.231. The van der Waals surface area contributed by atoms with Crippen molar-refractivity contribution in [2.45, 2.75) is 6.42 Å². The summed E-state index contributed by atoms with van der Waals surface area (Å²) in [6.45, 7) is 0. The first-order chi connectivity index (χ1) is 8.61. The second-order valence-electron chi connectivity index (χ2n) is 4.04. The van der Waals surface area contributed by atoms with Crippen molar-refractivity contribution in [3.05, 3.63) is 42.0 Å². The number of hydrogen-bond donors (Lipinski definition) is 1. The van der Waals surface area contributed by atoms with Gasteiger partial charge in [0.2, 0.25) is 5.78 Å². The van der Waals surface area contributed by atoms with Crippen LogP contribution in [-0.2, 0) is 13.5 Å². The molecule has 2 rings (SSSR count). The van der Waals surface area contributed by atoms with Gasteiger partial charge in [-0.05, 0) is 17.7 Å². The molecule has 0 saturated carbocycles. The van der Waals surface area contributed by atoms with Gasteiger partial charge in [-0.1, -0.05) is 6.07 Å². The highest BCUT2D eigenvalue weighted by molar-refractivity contribution is 5.94. The van der Waals surface area contributed by atoms with Crippen molar-refractivity contribution in [1.82, 2.24) is 9.55 Å². The summed E-state index contributed by atoms with van der Waals surface area (Å²) in [6, 6.07) is 5.34. The molecule has 0 spiro atoms. The summed E-state index contributed by atoms with van der Waals surface area (Å²) in [5, 5.41) is 0. The van der Waals surface area contributed by atoms with Crippen LogP contribution in [0.15, 0.2) is 30.6 Å². The minimum atomic E-state index is -0.0351. The van der Waals surface area contributed by atoms with Gasteiger partial charge in [-0.15, -0.1) is 0 Å². The highest BCUT2D eigenvalue weighted by atomic mass is 16.5. The molecule has 0 aliphatic rings. The molecular formula is C13H15N3O2. The van der Waals surface area contributed by atoms with E-state index in [-0.39, 0.29) is 12.2 Å². The van der Waals surface area contributed by atoms with E-state index in [2.05, 4.69) is 4.98 Å². The summed E-state index contributed by atoms with van der Waals surface area (Å²) in [5.41, 5.74) is 7.18. The number of ether oxygens (including phenoxy) is 1. The number of anilines is 1. The van der Waals surface area contributed by atoms with Crippen LogP contribution < -0.4 is 10.5 Å². The maximum Gasteiger partial charge on any atom is 0.202 e. The van der Waals surface area contributed by atoms with E-state index < -0.39 is 0 Å². The zero-order valence-corrected chi connectivity index (χ0v) is 10.4. The number of carbonyl (C=O) groups is 1. The summed E-state index contributed by atoms with van der Waals surface area (Å²) in [6.07, 6.45) is 3.63. The molecular weight excluding hydrogens is 230 g/mol. The highest BCUT2D eigenvalue weighted by Crippen LogP contribution is 2.22. The standard InChI is InChI=1S/C13H15N3O2/c1-16-6-5-15-13(16)11(17)8-9-3-4-12(18-2)10(14)7-9/h3-7H,8,14H2,1-2H3. The lowest BCUT2D eigenvalue weighted by Crippen LogP contribution is -2.10.